The zero-order chi connectivity index (χ0) is 20.4. The maximum Gasteiger partial charge on any atom is 0.416 e. The van der Waals surface area contributed by atoms with Crippen LogP contribution in [-0.4, -0.2) is 24.8 Å². The number of para-hydroxylation sites is 1. The minimum absolute atomic E-state index is 0.0249. The molecule has 2 atom stereocenters. The van der Waals surface area contributed by atoms with Crippen LogP contribution >= 0.6 is 0 Å². The molecule has 2 aromatic rings. The number of rotatable bonds is 5. The van der Waals surface area contributed by atoms with E-state index in [2.05, 4.69) is 17.0 Å². The average Bonchev–Trinajstić information content (AvgIpc) is 2.63. The third-order valence-corrected chi connectivity index (χ3v) is 5.88. The highest BCUT2D eigenvalue weighted by molar-refractivity contribution is 5.52. The van der Waals surface area contributed by atoms with Gasteiger partial charge in [0.1, 0.15) is 0 Å². The van der Waals surface area contributed by atoms with Gasteiger partial charge in [0.05, 0.1) is 11.2 Å². The monoisotopic (exact) mass is 391 g/mol. The van der Waals surface area contributed by atoms with Gasteiger partial charge in [-0.1, -0.05) is 49.2 Å². The van der Waals surface area contributed by atoms with E-state index in [1.165, 1.54) is 17.7 Å². The van der Waals surface area contributed by atoms with Crippen molar-refractivity contribution in [3.05, 3.63) is 65.2 Å². The first kappa shape index (κ1) is 20.7. The molecule has 0 aromatic heterocycles. The van der Waals surface area contributed by atoms with Gasteiger partial charge < -0.3 is 10.0 Å². The van der Waals surface area contributed by atoms with Crippen LogP contribution in [0.2, 0.25) is 0 Å². The molecule has 0 spiro atoms. The van der Waals surface area contributed by atoms with Crippen molar-refractivity contribution in [2.75, 3.05) is 19.0 Å². The number of nitrogens with zero attached hydrogens (tertiary/aromatic N) is 1. The summed E-state index contributed by atoms with van der Waals surface area (Å²) in [6, 6.07) is 13.5. The first-order valence-corrected chi connectivity index (χ1v) is 9.83. The molecule has 1 N–H and O–H groups in total. The van der Waals surface area contributed by atoms with Crippen LogP contribution in [0.25, 0.3) is 0 Å². The standard InChI is InChI=1S/C23H28F3NO/c1-27(2)21-12-4-3-9-18(21)15-19-10-5-6-13-22(19,28)16-17-8-7-11-20(14-17)23(24,25)26/h3-4,7-9,11-12,14,19,28H,5-6,10,13,15-16H2,1-2H3. The second kappa shape index (κ2) is 8.16. The summed E-state index contributed by atoms with van der Waals surface area (Å²) in [6.45, 7) is 0. The van der Waals surface area contributed by atoms with Gasteiger partial charge in [0.15, 0.2) is 0 Å². The Morgan fingerprint density at radius 3 is 2.54 bits per heavy atom. The van der Waals surface area contributed by atoms with Crippen molar-refractivity contribution in [1.29, 1.82) is 0 Å². The number of anilines is 1. The van der Waals surface area contributed by atoms with E-state index in [4.69, 9.17) is 0 Å². The predicted octanol–water partition coefficient (Wildman–Crippen LogP) is 5.48. The summed E-state index contributed by atoms with van der Waals surface area (Å²) in [4.78, 5) is 2.06. The molecule has 3 rings (SSSR count). The Morgan fingerprint density at radius 2 is 1.82 bits per heavy atom. The molecule has 1 fully saturated rings. The first-order chi connectivity index (χ1) is 13.2. The number of benzene rings is 2. The lowest BCUT2D eigenvalue weighted by Gasteiger charge is -2.41. The topological polar surface area (TPSA) is 23.5 Å². The fourth-order valence-corrected chi connectivity index (χ4v) is 4.42. The summed E-state index contributed by atoms with van der Waals surface area (Å²) in [5, 5.41) is 11.5. The largest absolute Gasteiger partial charge is 0.416 e. The van der Waals surface area contributed by atoms with Crippen LogP contribution in [0.3, 0.4) is 0 Å². The predicted molar refractivity (Wildman–Crippen MR) is 107 cm³/mol. The highest BCUT2D eigenvalue weighted by atomic mass is 19.4. The zero-order valence-corrected chi connectivity index (χ0v) is 16.5. The molecule has 2 nitrogen and oxygen atoms in total. The van der Waals surface area contributed by atoms with Crippen LogP contribution < -0.4 is 4.90 Å². The van der Waals surface area contributed by atoms with Crippen molar-refractivity contribution in [2.45, 2.75) is 50.3 Å². The van der Waals surface area contributed by atoms with Crippen molar-refractivity contribution in [3.63, 3.8) is 0 Å². The van der Waals surface area contributed by atoms with E-state index in [1.807, 2.05) is 26.2 Å². The lowest BCUT2D eigenvalue weighted by Crippen LogP contribution is -2.44. The lowest BCUT2D eigenvalue weighted by atomic mass is 9.70. The van der Waals surface area contributed by atoms with Gasteiger partial charge in [0.25, 0.3) is 0 Å². The Hall–Kier alpha value is -2.01. The number of alkyl halides is 3. The van der Waals surface area contributed by atoms with Crippen LogP contribution in [0.1, 0.15) is 42.4 Å². The Balaban J connectivity index is 1.85. The van der Waals surface area contributed by atoms with E-state index < -0.39 is 17.3 Å². The fraction of sp³-hybridized carbons (Fsp3) is 0.478. The van der Waals surface area contributed by atoms with Crippen molar-refractivity contribution in [2.24, 2.45) is 5.92 Å². The molecule has 0 amide bonds. The summed E-state index contributed by atoms with van der Waals surface area (Å²) >= 11 is 0. The van der Waals surface area contributed by atoms with Crippen LogP contribution in [-0.2, 0) is 19.0 Å². The molecule has 2 aromatic carbocycles. The third-order valence-electron chi connectivity index (χ3n) is 5.88. The Bertz CT molecular complexity index is 802. The van der Waals surface area contributed by atoms with Gasteiger partial charge in [-0.05, 0) is 48.4 Å². The van der Waals surface area contributed by atoms with Crippen LogP contribution in [0.15, 0.2) is 48.5 Å². The van der Waals surface area contributed by atoms with E-state index in [1.54, 1.807) is 6.07 Å². The van der Waals surface area contributed by atoms with Gasteiger partial charge in [0, 0.05) is 26.2 Å². The number of aliphatic hydroxyl groups is 1. The zero-order valence-electron chi connectivity index (χ0n) is 16.5. The normalized spacial score (nSPS) is 22.9. The SMILES string of the molecule is CN(C)c1ccccc1CC1CCCCC1(O)Cc1cccc(C(F)(F)F)c1. The molecular weight excluding hydrogens is 363 g/mol. The smallest absolute Gasteiger partial charge is 0.389 e. The second-order valence-electron chi connectivity index (χ2n) is 8.15. The summed E-state index contributed by atoms with van der Waals surface area (Å²) in [5.41, 5.74) is 1.20. The first-order valence-electron chi connectivity index (χ1n) is 9.83. The molecule has 5 heteroatoms. The number of hydrogen-bond acceptors (Lipinski definition) is 2. The summed E-state index contributed by atoms with van der Waals surface area (Å²) in [7, 11) is 3.99. The number of hydrogen-bond donors (Lipinski definition) is 1. The third kappa shape index (κ3) is 4.69. The van der Waals surface area contributed by atoms with E-state index in [-0.39, 0.29) is 12.3 Å². The molecule has 1 aliphatic carbocycles. The van der Waals surface area contributed by atoms with Crippen molar-refractivity contribution in [1.82, 2.24) is 0 Å². The average molecular weight is 391 g/mol. The minimum Gasteiger partial charge on any atom is -0.389 e. The molecule has 0 radical (unpaired) electrons. The van der Waals surface area contributed by atoms with Gasteiger partial charge in [-0.25, -0.2) is 0 Å². The highest BCUT2D eigenvalue weighted by Gasteiger charge is 2.39. The minimum atomic E-state index is -4.37. The molecule has 152 valence electrons. The molecule has 0 bridgehead atoms. The Kier molecular flexibility index (Phi) is 6.04. The molecule has 0 heterocycles. The van der Waals surface area contributed by atoms with Gasteiger partial charge in [0.2, 0.25) is 0 Å². The molecule has 0 aliphatic heterocycles. The highest BCUT2D eigenvalue weighted by Crippen LogP contribution is 2.40. The van der Waals surface area contributed by atoms with E-state index in [0.717, 1.165) is 37.4 Å². The molecular formula is C23H28F3NO. The van der Waals surface area contributed by atoms with Crippen LogP contribution in [0.5, 0.6) is 0 Å². The van der Waals surface area contributed by atoms with Crippen LogP contribution in [0, 0.1) is 5.92 Å². The second-order valence-corrected chi connectivity index (χ2v) is 8.15. The van der Waals surface area contributed by atoms with Gasteiger partial charge in [-0.15, -0.1) is 0 Å². The van der Waals surface area contributed by atoms with Gasteiger partial charge in [-0.2, -0.15) is 13.2 Å². The maximum absolute atomic E-state index is 13.1. The van der Waals surface area contributed by atoms with Crippen molar-refractivity contribution >= 4 is 5.69 Å². The summed E-state index contributed by atoms with van der Waals surface area (Å²) in [6.07, 6.45) is 0.0705. The molecule has 2 unspecified atom stereocenters. The Morgan fingerprint density at radius 1 is 1.07 bits per heavy atom. The van der Waals surface area contributed by atoms with Crippen LogP contribution in [0.4, 0.5) is 18.9 Å². The van der Waals surface area contributed by atoms with E-state index >= 15 is 0 Å². The molecule has 0 saturated heterocycles. The number of halogens is 3. The molecule has 28 heavy (non-hydrogen) atoms. The maximum atomic E-state index is 13.1. The van der Waals surface area contributed by atoms with E-state index in [0.29, 0.717) is 12.0 Å². The van der Waals surface area contributed by atoms with Gasteiger partial charge in [-0.3, -0.25) is 0 Å². The van der Waals surface area contributed by atoms with Crippen molar-refractivity contribution < 1.29 is 18.3 Å². The lowest BCUT2D eigenvalue weighted by molar-refractivity contribution is -0.137. The summed E-state index contributed by atoms with van der Waals surface area (Å²) < 4.78 is 39.2. The van der Waals surface area contributed by atoms with E-state index in [9.17, 15) is 18.3 Å². The summed E-state index contributed by atoms with van der Waals surface area (Å²) in [5.74, 6) is 0.0249. The van der Waals surface area contributed by atoms with Gasteiger partial charge >= 0.3 is 6.18 Å². The fourth-order valence-electron chi connectivity index (χ4n) is 4.42. The molecule has 1 aliphatic rings. The molecule has 1 saturated carbocycles. The van der Waals surface area contributed by atoms with Crippen molar-refractivity contribution in [3.8, 4) is 0 Å². The Labute approximate surface area is 165 Å². The quantitative estimate of drug-likeness (QED) is 0.730.